The Labute approximate surface area is 162 Å². The third-order valence-electron chi connectivity index (χ3n) is 4.86. The van der Waals surface area contributed by atoms with Gasteiger partial charge >= 0.3 is 0 Å². The number of carbonyl (C=O) groups is 2. The van der Waals surface area contributed by atoms with E-state index < -0.39 is 6.10 Å². The first kappa shape index (κ1) is 17.9. The number of anilines is 1. The van der Waals surface area contributed by atoms with Crippen LogP contribution in [0.5, 0.6) is 0 Å². The van der Waals surface area contributed by atoms with Crippen molar-refractivity contribution in [3.8, 4) is 0 Å². The highest BCUT2D eigenvalue weighted by Crippen LogP contribution is 2.29. The number of benzene rings is 2. The van der Waals surface area contributed by atoms with Crippen molar-refractivity contribution in [2.45, 2.75) is 26.1 Å². The lowest BCUT2D eigenvalue weighted by Crippen LogP contribution is -2.31. The fourth-order valence-electron chi connectivity index (χ4n) is 3.23. The van der Waals surface area contributed by atoms with E-state index in [2.05, 4.69) is 15.5 Å². The lowest BCUT2D eigenvalue weighted by Gasteiger charge is -2.20. The monoisotopic (exact) mass is 376 g/mol. The van der Waals surface area contributed by atoms with Crippen LogP contribution in [0.1, 0.15) is 38.8 Å². The van der Waals surface area contributed by atoms with Crippen molar-refractivity contribution >= 4 is 17.6 Å². The molecule has 0 saturated carbocycles. The number of rotatable bonds is 4. The molecule has 2 aromatic carbocycles. The Bertz CT molecular complexity index is 1010. The maximum atomic E-state index is 12.7. The molecule has 0 unspecified atom stereocenters. The average molecular weight is 376 g/mol. The molecule has 3 N–H and O–H groups in total. The molecule has 1 aliphatic heterocycles. The molecule has 3 aromatic rings. The number of hydrogen-bond acceptors (Lipinski definition) is 4. The molecule has 7 heteroatoms. The van der Waals surface area contributed by atoms with Gasteiger partial charge in [0.15, 0.2) is 11.9 Å². The molecule has 0 radical (unpaired) electrons. The normalized spacial score (nSPS) is 13.9. The van der Waals surface area contributed by atoms with E-state index in [1.165, 1.54) is 0 Å². The maximum Gasteiger partial charge on any atom is 0.256 e. The standard InChI is InChI=1S/C21H20N4O3/c1-13-7-9-15(10-8-13)20(27)22-19-16-11-25(12-17(16)23-24-19)21(28)18(26)14-5-3-2-4-6-14/h2-10,18,26H,11-12H2,1H3,(H2,22,23,24,27)/t18-/m0/s1. The zero-order valence-corrected chi connectivity index (χ0v) is 15.3. The fourth-order valence-corrected chi connectivity index (χ4v) is 3.23. The molecule has 0 saturated heterocycles. The van der Waals surface area contributed by atoms with E-state index in [-0.39, 0.29) is 18.4 Å². The average Bonchev–Trinajstić information content (AvgIpc) is 3.30. The minimum absolute atomic E-state index is 0.261. The van der Waals surface area contributed by atoms with Gasteiger partial charge in [0.2, 0.25) is 0 Å². The lowest BCUT2D eigenvalue weighted by atomic mass is 10.1. The number of nitrogens with one attached hydrogen (secondary N) is 2. The van der Waals surface area contributed by atoms with Gasteiger partial charge in [-0.3, -0.25) is 14.7 Å². The van der Waals surface area contributed by atoms with Crippen LogP contribution in [0.4, 0.5) is 5.82 Å². The van der Waals surface area contributed by atoms with Crippen molar-refractivity contribution < 1.29 is 14.7 Å². The summed E-state index contributed by atoms with van der Waals surface area (Å²) in [5.41, 5.74) is 3.67. The second kappa shape index (κ2) is 7.28. The number of fused-ring (bicyclic) bond motifs is 1. The molecular weight excluding hydrogens is 356 g/mol. The zero-order chi connectivity index (χ0) is 19.7. The third-order valence-corrected chi connectivity index (χ3v) is 4.86. The van der Waals surface area contributed by atoms with Gasteiger partial charge in [-0.25, -0.2) is 0 Å². The first-order valence-electron chi connectivity index (χ1n) is 8.99. The zero-order valence-electron chi connectivity index (χ0n) is 15.3. The van der Waals surface area contributed by atoms with Crippen LogP contribution in [0.25, 0.3) is 0 Å². The van der Waals surface area contributed by atoms with E-state index in [0.29, 0.717) is 23.5 Å². The van der Waals surface area contributed by atoms with E-state index in [1.807, 2.05) is 25.1 Å². The van der Waals surface area contributed by atoms with E-state index in [9.17, 15) is 14.7 Å². The van der Waals surface area contributed by atoms with Crippen LogP contribution < -0.4 is 5.32 Å². The van der Waals surface area contributed by atoms with Crippen molar-refractivity contribution in [3.05, 3.63) is 82.5 Å². The van der Waals surface area contributed by atoms with Crippen molar-refractivity contribution in [1.82, 2.24) is 15.1 Å². The molecule has 0 fully saturated rings. The van der Waals surface area contributed by atoms with Gasteiger partial charge in [-0.2, -0.15) is 5.10 Å². The summed E-state index contributed by atoms with van der Waals surface area (Å²) in [4.78, 5) is 26.6. The third kappa shape index (κ3) is 3.39. The highest BCUT2D eigenvalue weighted by atomic mass is 16.3. The number of nitrogens with zero attached hydrogens (tertiary/aromatic N) is 2. The van der Waals surface area contributed by atoms with E-state index in [0.717, 1.165) is 16.8 Å². The van der Waals surface area contributed by atoms with Crippen LogP contribution in [-0.4, -0.2) is 32.0 Å². The molecule has 2 amide bonds. The molecule has 1 aliphatic rings. The maximum absolute atomic E-state index is 12.7. The fraction of sp³-hybridized carbons (Fsp3) is 0.190. The number of aryl methyl sites for hydroxylation is 1. The summed E-state index contributed by atoms with van der Waals surface area (Å²) in [5, 5.41) is 20.2. The van der Waals surface area contributed by atoms with Crippen LogP contribution in [0.2, 0.25) is 0 Å². The summed E-state index contributed by atoms with van der Waals surface area (Å²) >= 11 is 0. The number of aliphatic hydroxyl groups is 1. The molecule has 1 aromatic heterocycles. The van der Waals surface area contributed by atoms with Crippen LogP contribution in [-0.2, 0) is 17.9 Å². The number of aliphatic hydroxyl groups excluding tert-OH is 1. The van der Waals surface area contributed by atoms with Gasteiger partial charge in [-0.1, -0.05) is 48.0 Å². The largest absolute Gasteiger partial charge is 0.378 e. The highest BCUT2D eigenvalue weighted by Gasteiger charge is 2.32. The van der Waals surface area contributed by atoms with Crippen LogP contribution in [0, 0.1) is 6.92 Å². The van der Waals surface area contributed by atoms with E-state index in [4.69, 9.17) is 0 Å². The quantitative estimate of drug-likeness (QED) is 0.652. The number of amides is 2. The van der Waals surface area contributed by atoms with Gasteiger partial charge in [-0.05, 0) is 24.6 Å². The Morgan fingerprint density at radius 3 is 2.54 bits per heavy atom. The predicted octanol–water partition coefficient (Wildman–Crippen LogP) is 2.55. The second-order valence-electron chi connectivity index (χ2n) is 6.86. The Kier molecular flexibility index (Phi) is 4.67. The molecule has 28 heavy (non-hydrogen) atoms. The first-order chi connectivity index (χ1) is 13.5. The molecule has 0 spiro atoms. The van der Waals surface area contributed by atoms with Gasteiger partial charge in [-0.15, -0.1) is 0 Å². The summed E-state index contributed by atoms with van der Waals surface area (Å²) in [6.45, 7) is 2.54. The second-order valence-corrected chi connectivity index (χ2v) is 6.86. The van der Waals surface area contributed by atoms with Gasteiger partial charge < -0.3 is 15.3 Å². The van der Waals surface area contributed by atoms with Crippen LogP contribution in [0.15, 0.2) is 54.6 Å². The van der Waals surface area contributed by atoms with Gasteiger partial charge in [0.25, 0.3) is 11.8 Å². The Morgan fingerprint density at radius 1 is 1.11 bits per heavy atom. The molecule has 2 heterocycles. The van der Waals surface area contributed by atoms with Crippen LogP contribution >= 0.6 is 0 Å². The molecular formula is C21H20N4O3. The summed E-state index contributed by atoms with van der Waals surface area (Å²) in [7, 11) is 0. The molecule has 7 nitrogen and oxygen atoms in total. The smallest absolute Gasteiger partial charge is 0.256 e. The van der Waals surface area contributed by atoms with Crippen molar-refractivity contribution in [2.24, 2.45) is 0 Å². The number of carbonyl (C=O) groups excluding carboxylic acids is 2. The van der Waals surface area contributed by atoms with Crippen molar-refractivity contribution in [3.63, 3.8) is 0 Å². The number of H-pyrrole nitrogens is 1. The first-order valence-corrected chi connectivity index (χ1v) is 8.99. The van der Waals surface area contributed by atoms with E-state index in [1.54, 1.807) is 41.3 Å². The molecule has 0 bridgehead atoms. The molecule has 0 aliphatic carbocycles. The number of aromatic amines is 1. The number of hydrogen-bond donors (Lipinski definition) is 3. The lowest BCUT2D eigenvalue weighted by molar-refractivity contribution is -0.141. The Hall–Kier alpha value is -3.45. The van der Waals surface area contributed by atoms with Crippen molar-refractivity contribution in [2.75, 3.05) is 5.32 Å². The van der Waals surface area contributed by atoms with Crippen LogP contribution in [0.3, 0.4) is 0 Å². The minimum atomic E-state index is -1.22. The van der Waals surface area contributed by atoms with E-state index >= 15 is 0 Å². The van der Waals surface area contributed by atoms with Gasteiger partial charge in [0.05, 0.1) is 18.8 Å². The van der Waals surface area contributed by atoms with Crippen molar-refractivity contribution in [1.29, 1.82) is 0 Å². The topological polar surface area (TPSA) is 98.3 Å². The minimum Gasteiger partial charge on any atom is -0.378 e. The Balaban J connectivity index is 1.46. The molecule has 142 valence electrons. The van der Waals surface area contributed by atoms with Gasteiger partial charge in [0, 0.05) is 11.1 Å². The Morgan fingerprint density at radius 2 is 1.82 bits per heavy atom. The predicted molar refractivity (Wildman–Crippen MR) is 103 cm³/mol. The summed E-state index contributed by atoms with van der Waals surface area (Å²) < 4.78 is 0. The molecule has 1 atom stereocenters. The summed E-state index contributed by atoms with van der Waals surface area (Å²) in [6, 6.07) is 16.1. The summed E-state index contributed by atoms with van der Waals surface area (Å²) in [5.74, 6) is -0.236. The van der Waals surface area contributed by atoms with Gasteiger partial charge in [0.1, 0.15) is 0 Å². The SMILES string of the molecule is Cc1ccc(C(=O)Nc2n[nH]c3c2CN(C(=O)[C@@H](O)c2ccccc2)C3)cc1. The summed E-state index contributed by atoms with van der Waals surface area (Å²) in [6.07, 6.45) is -1.22. The highest BCUT2D eigenvalue weighted by molar-refractivity contribution is 6.04. The number of aromatic nitrogens is 2. The molecule has 4 rings (SSSR count).